The number of carbonyl (C=O) groups excluding carboxylic acids is 2. The Morgan fingerprint density at radius 1 is 1.19 bits per heavy atom. The van der Waals surface area contributed by atoms with Crippen LogP contribution in [0.5, 0.6) is 5.75 Å². The minimum absolute atomic E-state index is 0.109. The van der Waals surface area contributed by atoms with Crippen LogP contribution in [0.25, 0.3) is 5.69 Å². The highest BCUT2D eigenvalue weighted by atomic mass is 35.5. The van der Waals surface area contributed by atoms with E-state index in [0.717, 1.165) is 12.8 Å². The van der Waals surface area contributed by atoms with Crippen LogP contribution in [0.1, 0.15) is 46.3 Å². The smallest absolute Gasteiger partial charge is 0.274 e. The van der Waals surface area contributed by atoms with E-state index in [1.807, 2.05) is 6.92 Å². The van der Waals surface area contributed by atoms with Gasteiger partial charge in [0.05, 0.1) is 10.7 Å². The maximum atomic E-state index is 13.6. The van der Waals surface area contributed by atoms with Crippen molar-refractivity contribution in [2.45, 2.75) is 32.4 Å². The Labute approximate surface area is 188 Å². The molecular weight excluding hydrogens is 437 g/mol. The number of nitrogens with one attached hydrogen (secondary N) is 2. The quantitative estimate of drug-likeness (QED) is 0.541. The molecule has 0 unspecified atom stereocenters. The van der Waals surface area contributed by atoms with Crippen LogP contribution in [0, 0.1) is 5.82 Å². The van der Waals surface area contributed by atoms with Crippen LogP contribution in [-0.2, 0) is 6.61 Å². The van der Waals surface area contributed by atoms with Gasteiger partial charge in [0, 0.05) is 24.2 Å². The molecule has 3 aromatic rings. The van der Waals surface area contributed by atoms with E-state index in [1.54, 1.807) is 24.3 Å². The minimum atomic E-state index is -0.497. The number of aromatic nitrogens is 3. The molecule has 32 heavy (non-hydrogen) atoms. The predicted molar refractivity (Wildman–Crippen MR) is 116 cm³/mol. The van der Waals surface area contributed by atoms with E-state index in [0.29, 0.717) is 23.5 Å². The summed E-state index contributed by atoms with van der Waals surface area (Å²) in [5, 5.41) is 14.0. The van der Waals surface area contributed by atoms with E-state index in [1.165, 1.54) is 22.9 Å². The molecule has 0 radical (unpaired) electrons. The van der Waals surface area contributed by atoms with Gasteiger partial charge in [-0.1, -0.05) is 16.8 Å². The standard InChI is InChI=1S/C22H21ClFN5O3/c1-2-25-21(30)13-3-8-16(9-4-13)29-18(12-32-19-11-14(24)5-10-17(19)23)20(27-28-29)22(31)26-15-6-7-15/h3-5,8-11,15H,2,6-7,12H2,1H3,(H,25,30)(H,26,31). The summed E-state index contributed by atoms with van der Waals surface area (Å²) in [6, 6.07) is 10.6. The molecule has 2 amide bonds. The Morgan fingerprint density at radius 2 is 1.94 bits per heavy atom. The molecule has 0 bridgehead atoms. The van der Waals surface area contributed by atoms with Gasteiger partial charge in [-0.3, -0.25) is 9.59 Å². The molecule has 2 N–H and O–H groups in total. The first-order valence-electron chi connectivity index (χ1n) is 10.2. The van der Waals surface area contributed by atoms with Gasteiger partial charge >= 0.3 is 0 Å². The fraction of sp³-hybridized carbons (Fsp3) is 0.273. The summed E-state index contributed by atoms with van der Waals surface area (Å²) in [5.74, 6) is -0.906. The number of rotatable bonds is 8. The lowest BCUT2D eigenvalue weighted by molar-refractivity contribution is 0.0939. The Kier molecular flexibility index (Phi) is 6.36. The van der Waals surface area contributed by atoms with Crippen molar-refractivity contribution in [3.8, 4) is 11.4 Å². The van der Waals surface area contributed by atoms with Crippen LogP contribution in [0.15, 0.2) is 42.5 Å². The minimum Gasteiger partial charge on any atom is -0.486 e. The van der Waals surface area contributed by atoms with Crippen LogP contribution < -0.4 is 15.4 Å². The predicted octanol–water partition coefficient (Wildman–Crippen LogP) is 3.28. The van der Waals surface area contributed by atoms with Gasteiger partial charge in [0.2, 0.25) is 0 Å². The lowest BCUT2D eigenvalue weighted by Gasteiger charge is -2.12. The van der Waals surface area contributed by atoms with Gasteiger partial charge in [0.25, 0.3) is 11.8 Å². The molecule has 0 saturated heterocycles. The number of halogens is 2. The second kappa shape index (κ2) is 9.35. The van der Waals surface area contributed by atoms with Gasteiger partial charge in [-0.2, -0.15) is 0 Å². The fourth-order valence-corrected chi connectivity index (χ4v) is 3.22. The van der Waals surface area contributed by atoms with Crippen LogP contribution in [-0.4, -0.2) is 39.4 Å². The van der Waals surface area contributed by atoms with Gasteiger partial charge in [-0.15, -0.1) is 5.10 Å². The monoisotopic (exact) mass is 457 g/mol. The zero-order chi connectivity index (χ0) is 22.7. The van der Waals surface area contributed by atoms with Crippen molar-refractivity contribution >= 4 is 23.4 Å². The number of benzene rings is 2. The van der Waals surface area contributed by atoms with Crippen molar-refractivity contribution < 1.29 is 18.7 Å². The first-order chi connectivity index (χ1) is 15.5. The zero-order valence-electron chi connectivity index (χ0n) is 17.3. The summed E-state index contributed by atoms with van der Waals surface area (Å²) < 4.78 is 20.8. The zero-order valence-corrected chi connectivity index (χ0v) is 18.0. The lowest BCUT2D eigenvalue weighted by atomic mass is 10.2. The highest BCUT2D eigenvalue weighted by Gasteiger charge is 2.28. The highest BCUT2D eigenvalue weighted by Crippen LogP contribution is 2.27. The molecule has 0 atom stereocenters. The summed E-state index contributed by atoms with van der Waals surface area (Å²) in [5.41, 5.74) is 1.55. The molecule has 1 fully saturated rings. The summed E-state index contributed by atoms with van der Waals surface area (Å²) in [6.07, 6.45) is 1.85. The molecule has 1 heterocycles. The summed E-state index contributed by atoms with van der Waals surface area (Å²) in [7, 11) is 0. The van der Waals surface area contributed by atoms with E-state index < -0.39 is 5.82 Å². The van der Waals surface area contributed by atoms with E-state index >= 15 is 0 Å². The van der Waals surface area contributed by atoms with E-state index in [4.69, 9.17) is 16.3 Å². The van der Waals surface area contributed by atoms with Crippen LogP contribution in [0.2, 0.25) is 5.02 Å². The Balaban J connectivity index is 1.64. The molecule has 2 aromatic carbocycles. The molecule has 1 saturated carbocycles. The number of ether oxygens (including phenoxy) is 1. The third-order valence-electron chi connectivity index (χ3n) is 4.86. The SMILES string of the molecule is CCNC(=O)c1ccc(-n2nnc(C(=O)NC3CC3)c2COc2cc(F)ccc2Cl)cc1. The average molecular weight is 458 g/mol. The molecule has 1 aliphatic rings. The number of hydrogen-bond donors (Lipinski definition) is 2. The Hall–Kier alpha value is -3.46. The normalized spacial score (nSPS) is 13.0. The Bertz CT molecular complexity index is 1140. The number of nitrogens with zero attached hydrogens (tertiary/aromatic N) is 3. The van der Waals surface area contributed by atoms with Crippen molar-refractivity contribution in [3.63, 3.8) is 0 Å². The summed E-state index contributed by atoms with van der Waals surface area (Å²) in [6.45, 7) is 2.24. The highest BCUT2D eigenvalue weighted by molar-refractivity contribution is 6.32. The number of amides is 2. The molecule has 166 valence electrons. The topological polar surface area (TPSA) is 98.1 Å². The number of hydrogen-bond acceptors (Lipinski definition) is 5. The third-order valence-corrected chi connectivity index (χ3v) is 5.17. The van der Waals surface area contributed by atoms with Gasteiger partial charge < -0.3 is 15.4 Å². The molecule has 1 aromatic heterocycles. The molecule has 1 aliphatic carbocycles. The second-order valence-electron chi connectivity index (χ2n) is 7.31. The summed E-state index contributed by atoms with van der Waals surface area (Å²) >= 11 is 6.10. The maximum absolute atomic E-state index is 13.6. The van der Waals surface area contributed by atoms with E-state index in [9.17, 15) is 14.0 Å². The van der Waals surface area contributed by atoms with E-state index in [2.05, 4.69) is 20.9 Å². The average Bonchev–Trinajstić information content (AvgIpc) is 3.50. The van der Waals surface area contributed by atoms with Crippen LogP contribution >= 0.6 is 11.6 Å². The van der Waals surface area contributed by atoms with Crippen LogP contribution in [0.4, 0.5) is 4.39 Å². The first-order valence-corrected chi connectivity index (χ1v) is 10.6. The number of carbonyl (C=O) groups is 2. The van der Waals surface area contributed by atoms with Crippen LogP contribution in [0.3, 0.4) is 0 Å². The van der Waals surface area contributed by atoms with Crippen molar-refractivity contribution in [2.75, 3.05) is 6.54 Å². The molecule has 0 aliphatic heterocycles. The van der Waals surface area contributed by atoms with Gasteiger partial charge in [-0.25, -0.2) is 9.07 Å². The first kappa shape index (κ1) is 21.8. The summed E-state index contributed by atoms with van der Waals surface area (Å²) in [4.78, 5) is 24.7. The van der Waals surface area contributed by atoms with Crippen molar-refractivity contribution in [1.82, 2.24) is 25.6 Å². The lowest BCUT2D eigenvalue weighted by Crippen LogP contribution is -2.27. The second-order valence-corrected chi connectivity index (χ2v) is 7.72. The van der Waals surface area contributed by atoms with E-state index in [-0.39, 0.29) is 40.9 Å². The van der Waals surface area contributed by atoms with Crippen molar-refractivity contribution in [2.24, 2.45) is 0 Å². The van der Waals surface area contributed by atoms with Gasteiger partial charge in [-0.05, 0) is 56.2 Å². The van der Waals surface area contributed by atoms with Crippen molar-refractivity contribution in [3.05, 3.63) is 70.3 Å². The third kappa shape index (κ3) is 4.88. The molecule has 4 rings (SSSR count). The van der Waals surface area contributed by atoms with Gasteiger partial charge in [0.15, 0.2) is 5.69 Å². The molecule has 0 spiro atoms. The molecule has 8 nitrogen and oxygen atoms in total. The largest absolute Gasteiger partial charge is 0.486 e. The molecule has 10 heteroatoms. The maximum Gasteiger partial charge on any atom is 0.274 e. The molecular formula is C22H21ClFN5O3. The fourth-order valence-electron chi connectivity index (χ4n) is 3.05. The van der Waals surface area contributed by atoms with Crippen molar-refractivity contribution in [1.29, 1.82) is 0 Å². The van der Waals surface area contributed by atoms with Gasteiger partial charge in [0.1, 0.15) is 23.9 Å². The Morgan fingerprint density at radius 3 is 2.62 bits per heavy atom.